The maximum absolute atomic E-state index is 11.9. The Bertz CT molecular complexity index is 403. The molecule has 0 radical (unpaired) electrons. The largest absolute Gasteiger partial charge is 0.388 e. The summed E-state index contributed by atoms with van der Waals surface area (Å²) in [7, 11) is 0. The Balaban J connectivity index is 2.18. The van der Waals surface area contributed by atoms with Gasteiger partial charge < -0.3 is 15.1 Å². The SMILES string of the molecule is O=C(c1cccnc1Cl)N1C[C@@H](O)[C@@H](O)C1. The topological polar surface area (TPSA) is 73.7 Å². The Labute approximate surface area is 97.3 Å². The second-order valence-corrected chi connectivity index (χ2v) is 4.04. The van der Waals surface area contributed by atoms with Crippen molar-refractivity contribution in [2.24, 2.45) is 0 Å². The number of amides is 1. The van der Waals surface area contributed by atoms with Crippen LogP contribution in [0.4, 0.5) is 0 Å². The van der Waals surface area contributed by atoms with Crippen LogP contribution in [-0.2, 0) is 0 Å². The Morgan fingerprint density at radius 3 is 2.62 bits per heavy atom. The van der Waals surface area contributed by atoms with Crippen LogP contribution in [0.25, 0.3) is 0 Å². The van der Waals surface area contributed by atoms with Crippen molar-refractivity contribution < 1.29 is 15.0 Å². The molecular formula is C10H11ClN2O3. The maximum atomic E-state index is 11.9. The van der Waals surface area contributed by atoms with Crippen LogP contribution < -0.4 is 0 Å². The number of hydrogen-bond donors (Lipinski definition) is 2. The predicted octanol–water partition coefficient (Wildman–Crippen LogP) is -0.0874. The standard InChI is InChI=1S/C10H11ClN2O3/c11-9-6(2-1-3-12-9)10(16)13-4-7(14)8(15)5-13/h1-3,7-8,14-15H,4-5H2/t7-,8+. The predicted molar refractivity (Wildman–Crippen MR) is 57.2 cm³/mol. The van der Waals surface area contributed by atoms with E-state index in [0.717, 1.165) is 0 Å². The highest BCUT2D eigenvalue weighted by atomic mass is 35.5. The van der Waals surface area contributed by atoms with E-state index in [1.54, 1.807) is 12.1 Å². The van der Waals surface area contributed by atoms with E-state index >= 15 is 0 Å². The van der Waals surface area contributed by atoms with Gasteiger partial charge in [-0.1, -0.05) is 11.6 Å². The molecule has 5 nitrogen and oxygen atoms in total. The van der Waals surface area contributed by atoms with Crippen molar-refractivity contribution in [2.75, 3.05) is 13.1 Å². The lowest BCUT2D eigenvalue weighted by Crippen LogP contribution is -2.30. The number of aromatic nitrogens is 1. The molecular weight excluding hydrogens is 232 g/mol. The maximum Gasteiger partial charge on any atom is 0.257 e. The van der Waals surface area contributed by atoms with Crippen molar-refractivity contribution in [3.05, 3.63) is 29.0 Å². The number of β-amino-alcohol motifs (C(OH)–C–C–N with tert-alkyl or cyclic N) is 2. The fourth-order valence-electron chi connectivity index (χ4n) is 1.65. The van der Waals surface area contributed by atoms with Gasteiger partial charge in [0.15, 0.2) is 0 Å². The lowest BCUT2D eigenvalue weighted by molar-refractivity contribution is 0.0572. The molecule has 16 heavy (non-hydrogen) atoms. The van der Waals surface area contributed by atoms with Gasteiger partial charge in [-0.15, -0.1) is 0 Å². The number of halogens is 1. The monoisotopic (exact) mass is 242 g/mol. The van der Waals surface area contributed by atoms with Gasteiger partial charge in [-0.05, 0) is 12.1 Å². The van der Waals surface area contributed by atoms with Crippen LogP contribution in [-0.4, -0.2) is 51.3 Å². The molecule has 86 valence electrons. The fraction of sp³-hybridized carbons (Fsp3) is 0.400. The minimum Gasteiger partial charge on any atom is -0.388 e. The number of likely N-dealkylation sites (tertiary alicyclic amines) is 1. The Hall–Kier alpha value is -1.17. The highest BCUT2D eigenvalue weighted by Gasteiger charge is 2.33. The first-order chi connectivity index (χ1) is 7.59. The van der Waals surface area contributed by atoms with Crippen LogP contribution in [0.2, 0.25) is 5.15 Å². The second-order valence-electron chi connectivity index (χ2n) is 3.69. The molecule has 1 aromatic heterocycles. The Kier molecular flexibility index (Phi) is 3.09. The molecule has 1 fully saturated rings. The number of aliphatic hydroxyl groups excluding tert-OH is 2. The Morgan fingerprint density at radius 2 is 2.06 bits per heavy atom. The molecule has 1 amide bonds. The molecule has 0 bridgehead atoms. The van der Waals surface area contributed by atoms with Gasteiger partial charge >= 0.3 is 0 Å². The summed E-state index contributed by atoms with van der Waals surface area (Å²) in [5.74, 6) is -0.325. The smallest absolute Gasteiger partial charge is 0.257 e. The zero-order valence-electron chi connectivity index (χ0n) is 8.38. The lowest BCUT2D eigenvalue weighted by Gasteiger charge is -2.15. The van der Waals surface area contributed by atoms with E-state index in [9.17, 15) is 15.0 Å². The average molecular weight is 243 g/mol. The molecule has 1 saturated heterocycles. The van der Waals surface area contributed by atoms with Crippen molar-refractivity contribution in [3.8, 4) is 0 Å². The molecule has 0 aromatic carbocycles. The van der Waals surface area contributed by atoms with Gasteiger partial charge in [0.05, 0.1) is 17.8 Å². The number of nitrogens with zero attached hydrogens (tertiary/aromatic N) is 2. The van der Waals surface area contributed by atoms with E-state index in [2.05, 4.69) is 4.98 Å². The number of aliphatic hydroxyl groups is 2. The van der Waals surface area contributed by atoms with Crippen molar-refractivity contribution in [3.63, 3.8) is 0 Å². The molecule has 1 aliphatic heterocycles. The number of carbonyl (C=O) groups excluding carboxylic acids is 1. The molecule has 2 heterocycles. The molecule has 2 atom stereocenters. The Morgan fingerprint density at radius 1 is 1.44 bits per heavy atom. The van der Waals surface area contributed by atoms with E-state index in [4.69, 9.17) is 11.6 Å². The highest BCUT2D eigenvalue weighted by Crippen LogP contribution is 2.18. The van der Waals surface area contributed by atoms with Crippen molar-refractivity contribution in [1.29, 1.82) is 0 Å². The van der Waals surface area contributed by atoms with Crippen molar-refractivity contribution in [1.82, 2.24) is 9.88 Å². The summed E-state index contributed by atoms with van der Waals surface area (Å²) >= 11 is 5.79. The molecule has 0 saturated carbocycles. The summed E-state index contributed by atoms with van der Waals surface area (Å²) in [6.45, 7) is 0.233. The molecule has 0 spiro atoms. The van der Waals surface area contributed by atoms with E-state index in [-0.39, 0.29) is 29.7 Å². The lowest BCUT2D eigenvalue weighted by atomic mass is 10.2. The fourth-order valence-corrected chi connectivity index (χ4v) is 1.85. The summed E-state index contributed by atoms with van der Waals surface area (Å²) in [6.07, 6.45) is -0.286. The summed E-state index contributed by atoms with van der Waals surface area (Å²) in [6, 6.07) is 3.18. The van der Waals surface area contributed by atoms with E-state index in [1.165, 1.54) is 11.1 Å². The van der Waals surface area contributed by atoms with E-state index < -0.39 is 12.2 Å². The summed E-state index contributed by atoms with van der Waals surface area (Å²) in [4.78, 5) is 17.1. The van der Waals surface area contributed by atoms with E-state index in [0.29, 0.717) is 0 Å². The third-order valence-electron chi connectivity index (χ3n) is 2.54. The van der Waals surface area contributed by atoms with Crippen LogP contribution in [0.15, 0.2) is 18.3 Å². The van der Waals surface area contributed by atoms with Gasteiger partial charge in [-0.25, -0.2) is 4.98 Å². The third-order valence-corrected chi connectivity index (χ3v) is 2.84. The van der Waals surface area contributed by atoms with E-state index in [1.807, 2.05) is 0 Å². The minimum absolute atomic E-state index is 0.116. The number of carbonyl (C=O) groups is 1. The summed E-state index contributed by atoms with van der Waals surface area (Å²) in [5.41, 5.74) is 0.283. The minimum atomic E-state index is -0.889. The highest BCUT2D eigenvalue weighted by molar-refractivity contribution is 6.32. The zero-order valence-corrected chi connectivity index (χ0v) is 9.13. The number of hydrogen-bond acceptors (Lipinski definition) is 4. The van der Waals surface area contributed by atoms with Crippen molar-refractivity contribution in [2.45, 2.75) is 12.2 Å². The number of rotatable bonds is 1. The molecule has 1 aliphatic rings. The van der Waals surface area contributed by atoms with Gasteiger partial charge in [0.25, 0.3) is 5.91 Å². The first-order valence-corrected chi connectivity index (χ1v) is 5.23. The quantitative estimate of drug-likeness (QED) is 0.676. The number of pyridine rings is 1. The zero-order chi connectivity index (χ0) is 11.7. The van der Waals surface area contributed by atoms with Crippen LogP contribution in [0.5, 0.6) is 0 Å². The van der Waals surface area contributed by atoms with Gasteiger partial charge in [0.1, 0.15) is 5.15 Å². The summed E-state index contributed by atoms with van der Waals surface area (Å²) in [5, 5.41) is 18.8. The van der Waals surface area contributed by atoms with Gasteiger partial charge in [-0.2, -0.15) is 0 Å². The molecule has 2 N–H and O–H groups in total. The molecule has 6 heteroatoms. The van der Waals surface area contributed by atoms with Crippen LogP contribution >= 0.6 is 11.6 Å². The first-order valence-electron chi connectivity index (χ1n) is 4.85. The van der Waals surface area contributed by atoms with Crippen LogP contribution in [0.1, 0.15) is 10.4 Å². The van der Waals surface area contributed by atoms with Crippen LogP contribution in [0, 0.1) is 0 Å². The third kappa shape index (κ3) is 2.02. The second kappa shape index (κ2) is 4.37. The molecule has 1 aromatic rings. The average Bonchev–Trinajstić information content (AvgIpc) is 2.59. The van der Waals surface area contributed by atoms with Gasteiger partial charge in [0.2, 0.25) is 0 Å². The first kappa shape index (κ1) is 11.3. The van der Waals surface area contributed by atoms with Crippen LogP contribution in [0.3, 0.4) is 0 Å². The molecule has 0 aliphatic carbocycles. The molecule has 0 unspecified atom stereocenters. The van der Waals surface area contributed by atoms with Gasteiger partial charge in [0, 0.05) is 19.3 Å². The molecule has 2 rings (SSSR count). The summed E-state index contributed by atoms with van der Waals surface area (Å²) < 4.78 is 0. The normalized spacial score (nSPS) is 24.8. The van der Waals surface area contributed by atoms with Crippen molar-refractivity contribution >= 4 is 17.5 Å². The van der Waals surface area contributed by atoms with Gasteiger partial charge in [-0.3, -0.25) is 4.79 Å².